The van der Waals surface area contributed by atoms with Crippen LogP contribution >= 0.6 is 0 Å². The molecule has 5 aliphatic rings. The maximum atomic E-state index is 14.2. The summed E-state index contributed by atoms with van der Waals surface area (Å²) in [6.45, 7) is 6.31. The maximum absolute atomic E-state index is 14.2. The number of aliphatic hydroxyl groups is 1. The number of phenols is 1. The molecule has 2 bridgehead atoms. The van der Waals surface area contributed by atoms with E-state index in [2.05, 4.69) is 17.9 Å². The summed E-state index contributed by atoms with van der Waals surface area (Å²) < 4.78 is 12.6. The third-order valence-corrected chi connectivity index (χ3v) is 10.6. The number of amides is 1. The molecule has 7 nitrogen and oxygen atoms in total. The molecule has 0 aromatic heterocycles. The maximum Gasteiger partial charge on any atom is 0.254 e. The first-order chi connectivity index (χ1) is 18.3. The Morgan fingerprint density at radius 3 is 2.61 bits per heavy atom. The predicted octanol–water partition coefficient (Wildman–Crippen LogP) is 3.59. The van der Waals surface area contributed by atoms with Gasteiger partial charge >= 0.3 is 0 Å². The molecule has 3 aliphatic heterocycles. The number of ether oxygens (including phenoxy) is 2. The molecule has 5 unspecified atom stereocenters. The van der Waals surface area contributed by atoms with Crippen LogP contribution in [0.25, 0.3) is 0 Å². The summed E-state index contributed by atoms with van der Waals surface area (Å²) in [5.74, 6) is 0.615. The van der Waals surface area contributed by atoms with Gasteiger partial charge in [0.15, 0.2) is 11.5 Å². The second-order valence-corrected chi connectivity index (χ2v) is 12.3. The first-order valence-electron chi connectivity index (χ1n) is 14.2. The van der Waals surface area contributed by atoms with Crippen molar-refractivity contribution in [3.8, 4) is 11.5 Å². The van der Waals surface area contributed by atoms with E-state index in [1.165, 1.54) is 12.8 Å². The van der Waals surface area contributed by atoms with Crippen molar-refractivity contribution in [3.63, 3.8) is 0 Å². The van der Waals surface area contributed by atoms with Crippen LogP contribution in [0.4, 0.5) is 0 Å². The molecule has 4 fully saturated rings. The van der Waals surface area contributed by atoms with Crippen molar-refractivity contribution < 1.29 is 24.5 Å². The van der Waals surface area contributed by atoms with Crippen LogP contribution in [0, 0.1) is 11.8 Å². The lowest BCUT2D eigenvalue weighted by Crippen LogP contribution is -2.72. The molecule has 7 rings (SSSR count). The average molecular weight is 519 g/mol. The normalized spacial score (nSPS) is 37.6. The summed E-state index contributed by atoms with van der Waals surface area (Å²) in [6, 6.07) is 13.8. The van der Waals surface area contributed by atoms with Crippen LogP contribution in [0.2, 0.25) is 0 Å². The van der Waals surface area contributed by atoms with E-state index < -0.39 is 28.8 Å². The third-order valence-electron chi connectivity index (χ3n) is 10.6. The lowest BCUT2D eigenvalue weighted by atomic mass is 9.49. The number of hydrogen-bond donors (Lipinski definition) is 2. The molecule has 2 aliphatic carbocycles. The minimum Gasteiger partial charge on any atom is -0.504 e. The zero-order valence-corrected chi connectivity index (χ0v) is 22.5. The van der Waals surface area contributed by atoms with E-state index in [9.17, 15) is 15.0 Å². The fourth-order valence-electron chi connectivity index (χ4n) is 8.70. The molecule has 2 N–H and O–H groups in total. The average Bonchev–Trinajstić information content (AvgIpc) is 3.64. The molecule has 2 aromatic carbocycles. The molecule has 1 amide bonds. The summed E-state index contributed by atoms with van der Waals surface area (Å²) in [7, 11) is 1.57. The Labute approximate surface area is 224 Å². The van der Waals surface area contributed by atoms with Crippen molar-refractivity contribution in [1.29, 1.82) is 0 Å². The zero-order valence-electron chi connectivity index (χ0n) is 22.5. The van der Waals surface area contributed by atoms with Crippen LogP contribution in [0.1, 0.15) is 56.2 Å². The number of piperidine rings is 1. The minimum atomic E-state index is -1.41. The number of phenolic OH excluding ortho intramolecular Hbond substituents is 1. The molecule has 7 heteroatoms. The van der Waals surface area contributed by atoms with E-state index in [1.807, 2.05) is 43.3 Å². The second-order valence-electron chi connectivity index (χ2n) is 12.3. The number of likely N-dealkylation sites (tertiary alicyclic amines) is 2. The largest absolute Gasteiger partial charge is 0.504 e. The monoisotopic (exact) mass is 518 g/mol. The number of carbonyl (C=O) groups is 1. The van der Waals surface area contributed by atoms with Crippen LogP contribution in [-0.2, 0) is 27.9 Å². The van der Waals surface area contributed by atoms with Gasteiger partial charge in [0.05, 0.1) is 18.6 Å². The van der Waals surface area contributed by atoms with Crippen LogP contribution in [0.5, 0.6) is 11.5 Å². The third kappa shape index (κ3) is 2.98. The summed E-state index contributed by atoms with van der Waals surface area (Å²) >= 11 is 0. The molecule has 6 atom stereocenters. The summed E-state index contributed by atoms with van der Waals surface area (Å²) in [6.07, 6.45) is 3.60. The minimum absolute atomic E-state index is 0.0687. The Balaban J connectivity index is 1.41. The van der Waals surface area contributed by atoms with Gasteiger partial charge in [0.25, 0.3) is 5.91 Å². The number of nitrogens with zero attached hydrogens (tertiary/aromatic N) is 2. The van der Waals surface area contributed by atoms with E-state index in [1.54, 1.807) is 12.0 Å². The Morgan fingerprint density at radius 1 is 1.16 bits per heavy atom. The highest BCUT2D eigenvalue weighted by molar-refractivity contribution is 5.86. The Kier molecular flexibility index (Phi) is 5.27. The van der Waals surface area contributed by atoms with Gasteiger partial charge in [0, 0.05) is 30.1 Å². The van der Waals surface area contributed by atoms with Gasteiger partial charge in [-0.05, 0) is 68.7 Å². The molecular weight excluding hydrogens is 480 g/mol. The topological polar surface area (TPSA) is 82.5 Å². The number of aromatic hydroxyl groups is 1. The van der Waals surface area contributed by atoms with E-state index in [0.717, 1.165) is 42.1 Å². The summed E-state index contributed by atoms with van der Waals surface area (Å²) in [5.41, 5.74) is -0.0235. The number of rotatable bonds is 6. The van der Waals surface area contributed by atoms with Gasteiger partial charge in [0.2, 0.25) is 0 Å². The zero-order chi connectivity index (χ0) is 26.4. The van der Waals surface area contributed by atoms with Gasteiger partial charge < -0.3 is 24.6 Å². The fourth-order valence-corrected chi connectivity index (χ4v) is 8.70. The van der Waals surface area contributed by atoms with Crippen molar-refractivity contribution in [2.45, 2.75) is 81.4 Å². The Morgan fingerprint density at radius 2 is 1.92 bits per heavy atom. The first kappa shape index (κ1) is 24.4. The quantitative estimate of drug-likeness (QED) is 0.608. The van der Waals surface area contributed by atoms with Gasteiger partial charge in [-0.2, -0.15) is 0 Å². The number of hydrogen-bond acceptors (Lipinski definition) is 6. The molecular formula is C31H38N2O5. The summed E-state index contributed by atoms with van der Waals surface area (Å²) in [4.78, 5) is 18.4. The number of benzene rings is 2. The van der Waals surface area contributed by atoms with Gasteiger partial charge in [-0.25, -0.2) is 0 Å². The Hall–Kier alpha value is -2.61. The van der Waals surface area contributed by atoms with E-state index in [0.29, 0.717) is 25.1 Å². The van der Waals surface area contributed by atoms with Crippen LogP contribution < -0.4 is 4.74 Å². The van der Waals surface area contributed by atoms with Crippen LogP contribution in [0.3, 0.4) is 0 Å². The van der Waals surface area contributed by atoms with Crippen LogP contribution in [-0.4, -0.2) is 69.6 Å². The highest BCUT2D eigenvalue weighted by Gasteiger charge is 2.79. The van der Waals surface area contributed by atoms with E-state index in [-0.39, 0.29) is 17.7 Å². The van der Waals surface area contributed by atoms with Crippen molar-refractivity contribution in [1.82, 2.24) is 9.80 Å². The highest BCUT2D eigenvalue weighted by atomic mass is 16.5. The van der Waals surface area contributed by atoms with Crippen molar-refractivity contribution in [2.75, 3.05) is 20.2 Å². The number of fused-ring (bicyclic) bond motifs is 2. The fraction of sp³-hybridized carbons (Fsp3) is 0.581. The molecule has 38 heavy (non-hydrogen) atoms. The van der Waals surface area contributed by atoms with E-state index >= 15 is 0 Å². The molecule has 0 radical (unpaired) electrons. The van der Waals surface area contributed by atoms with Crippen LogP contribution in [0.15, 0.2) is 42.5 Å². The molecule has 3 heterocycles. The second kappa shape index (κ2) is 8.20. The van der Waals surface area contributed by atoms with Gasteiger partial charge in [0.1, 0.15) is 11.8 Å². The summed E-state index contributed by atoms with van der Waals surface area (Å²) in [5, 5.41) is 24.3. The van der Waals surface area contributed by atoms with Gasteiger partial charge in [-0.3, -0.25) is 9.69 Å². The SMILES string of the molecule is CCC1(O)C2[C@H](OC3(C)C4Cc5ccc(OC)c(O)c5C23CCN4CC2CC2)C(=O)N1Cc1ccccc1. The Bertz CT molecular complexity index is 1280. The van der Waals surface area contributed by atoms with Crippen molar-refractivity contribution in [3.05, 3.63) is 59.2 Å². The lowest BCUT2D eigenvalue weighted by molar-refractivity contribution is -0.187. The highest BCUT2D eigenvalue weighted by Crippen LogP contribution is 2.69. The molecule has 2 aromatic rings. The molecule has 3 saturated heterocycles. The molecule has 202 valence electrons. The predicted molar refractivity (Wildman–Crippen MR) is 142 cm³/mol. The molecule has 0 spiro atoms. The standard InChI is InChI=1S/C31H38N2O5/c1-4-31(36)27-26(28(35)33(31)18-19-8-6-5-7-9-19)38-29(2)23-16-21-12-13-22(37-3)25(34)24(21)30(27,29)14-15-32(23)17-20-10-11-20/h5-9,12-13,20,23,26-27,34,36H,4,10-11,14-18H2,1-3H3/t23?,26-,27?,29?,30?,31?/m0/s1. The lowest BCUT2D eigenvalue weighted by Gasteiger charge is -2.62. The number of carbonyl (C=O) groups excluding carboxylic acids is 1. The van der Waals surface area contributed by atoms with Gasteiger partial charge in [-0.15, -0.1) is 0 Å². The van der Waals surface area contributed by atoms with Crippen molar-refractivity contribution >= 4 is 5.91 Å². The smallest absolute Gasteiger partial charge is 0.254 e. The molecule has 1 saturated carbocycles. The van der Waals surface area contributed by atoms with Gasteiger partial charge in [-0.1, -0.05) is 43.3 Å². The first-order valence-corrected chi connectivity index (χ1v) is 14.2. The number of methoxy groups -OCH3 is 1. The van der Waals surface area contributed by atoms with E-state index in [4.69, 9.17) is 9.47 Å². The van der Waals surface area contributed by atoms with Crippen molar-refractivity contribution in [2.24, 2.45) is 11.8 Å².